The Labute approximate surface area is 533 Å². The molecule has 0 aromatic rings. The molecule has 500 valence electrons. The van der Waals surface area contributed by atoms with E-state index in [1.54, 1.807) is 13.8 Å². The molecular weight excluding hydrogens is 1150 g/mol. The van der Waals surface area contributed by atoms with Crippen molar-refractivity contribution in [1.29, 1.82) is 0 Å². The van der Waals surface area contributed by atoms with Crippen LogP contribution in [0.3, 0.4) is 0 Å². The van der Waals surface area contributed by atoms with Crippen LogP contribution >= 0.6 is 0 Å². The molecule has 6 saturated heterocycles. The Balaban J connectivity index is 0.000000122. The maximum Gasteiger partial charge on any atom is 0.332 e. The molecule has 18 atom stereocenters. The summed E-state index contributed by atoms with van der Waals surface area (Å²) >= 11 is 0. The lowest BCUT2D eigenvalue weighted by molar-refractivity contribution is -0.149. The number of methoxy groups -OCH3 is 2. The van der Waals surface area contributed by atoms with Gasteiger partial charge in [-0.1, -0.05) is 63.1 Å². The van der Waals surface area contributed by atoms with E-state index in [2.05, 4.69) is 46.9 Å². The van der Waals surface area contributed by atoms with E-state index in [1.807, 2.05) is 0 Å². The van der Waals surface area contributed by atoms with Gasteiger partial charge in [0, 0.05) is 41.6 Å². The van der Waals surface area contributed by atoms with Gasteiger partial charge in [-0.3, -0.25) is 28.8 Å². The molecule has 90 heavy (non-hydrogen) atoms. The minimum Gasteiger partial charge on any atom is -0.466 e. The lowest BCUT2D eigenvalue weighted by Crippen LogP contribution is -2.32. The van der Waals surface area contributed by atoms with Crippen LogP contribution in [0, 0.1) is 104 Å². The summed E-state index contributed by atoms with van der Waals surface area (Å²) < 4.78 is 39.1. The Kier molecular flexibility index (Phi) is 22.1. The summed E-state index contributed by atoms with van der Waals surface area (Å²) in [4.78, 5) is 88.2. The first kappa shape index (κ1) is 69.0. The number of carbonyl (C=O) groups is 8. The minimum atomic E-state index is -0.347. The molecule has 18 nitrogen and oxygen atoms in total. The molecule has 0 radical (unpaired) electrons. The zero-order chi connectivity index (χ0) is 64.8. The fourth-order valence-electron chi connectivity index (χ4n) is 20.7. The quantitative estimate of drug-likeness (QED) is 0.113. The highest BCUT2D eigenvalue weighted by Crippen LogP contribution is 2.63. The average molecular weight is 1260 g/mol. The molecule has 0 aromatic heterocycles. The van der Waals surface area contributed by atoms with E-state index in [1.165, 1.54) is 123 Å². The van der Waals surface area contributed by atoms with Crippen LogP contribution in [-0.4, -0.2) is 126 Å². The van der Waals surface area contributed by atoms with Gasteiger partial charge in [-0.05, 0) is 207 Å². The fraction of sp³-hybridized carbons (Fsp3) is 0.778. The van der Waals surface area contributed by atoms with E-state index in [4.69, 9.17) is 38.6 Å². The second-order valence-corrected chi connectivity index (χ2v) is 30.0. The fourth-order valence-corrected chi connectivity index (χ4v) is 20.7. The molecule has 18 aliphatic rings. The van der Waals surface area contributed by atoms with E-state index >= 15 is 0 Å². The van der Waals surface area contributed by atoms with Crippen molar-refractivity contribution < 1.29 is 86.5 Å². The van der Waals surface area contributed by atoms with Gasteiger partial charge >= 0.3 is 47.8 Å². The third-order valence-corrected chi connectivity index (χ3v) is 25.0. The lowest BCUT2D eigenvalue weighted by Gasteiger charge is -2.30. The van der Waals surface area contributed by atoms with Crippen molar-refractivity contribution in [2.75, 3.05) is 68.1 Å². The monoisotopic (exact) mass is 1260 g/mol. The molecule has 6 spiro atoms. The first-order valence-electron chi connectivity index (χ1n) is 33.9. The molecule has 18 rings (SSSR count). The lowest BCUT2D eigenvalue weighted by atomic mass is 9.72. The number of aliphatic hydroxyl groups excluding tert-OH is 2. The summed E-state index contributed by atoms with van der Waals surface area (Å²) in [6.07, 6.45) is 39.8. The molecule has 2 N–H and O–H groups in total. The molecule has 18 unspecified atom stereocenters. The predicted octanol–water partition coefficient (Wildman–Crippen LogP) is 10.7. The third-order valence-electron chi connectivity index (χ3n) is 25.0. The van der Waals surface area contributed by atoms with Crippen molar-refractivity contribution in [3.63, 3.8) is 0 Å². The second kappa shape index (κ2) is 28.9. The predicted molar refractivity (Wildman–Crippen MR) is 330 cm³/mol. The SMILES string of the molecule is C=C(C)C(=O)OC.C=C(C)C(=O)OC.CO.CO.O=C1CC2(CO1)CC1C=CC2C1.O=C1CC2(CO1)CC1CCC2C1.O=C1CC2(CO1)CC1CCC2C1.O=C1OCCC12CC1C=CC2C1.O=C1OCCC12CC1CCC2C1.O=C1OCCC12CC1CCC2C1. The number of hydrogen-bond acceptors (Lipinski definition) is 18. The van der Waals surface area contributed by atoms with Gasteiger partial charge in [0.15, 0.2) is 0 Å². The average Bonchev–Trinajstić information content (AvgIpc) is 1.67. The number of fused-ring (bicyclic) bond motifs is 18. The Morgan fingerprint density at radius 2 is 0.767 bits per heavy atom. The van der Waals surface area contributed by atoms with Crippen molar-refractivity contribution in [3.05, 3.63) is 48.6 Å². The highest BCUT2D eigenvalue weighted by atomic mass is 16.6. The number of rotatable bonds is 2. The van der Waals surface area contributed by atoms with Crippen LogP contribution in [0.15, 0.2) is 48.6 Å². The van der Waals surface area contributed by atoms with Gasteiger partial charge < -0.3 is 48.1 Å². The highest BCUT2D eigenvalue weighted by molar-refractivity contribution is 5.87. The first-order chi connectivity index (χ1) is 43.1. The molecule has 6 heterocycles. The molecule has 18 heteroatoms. The molecular formula is C72H104O18. The number of allylic oxidation sites excluding steroid dienone is 4. The van der Waals surface area contributed by atoms with Gasteiger partial charge in [-0.25, -0.2) is 9.59 Å². The number of hydrogen-bond donors (Lipinski definition) is 2. The Hall–Kier alpha value is -5.36. The summed E-state index contributed by atoms with van der Waals surface area (Å²) in [6.45, 7) is 14.1. The van der Waals surface area contributed by atoms with Crippen molar-refractivity contribution in [2.24, 2.45) is 104 Å². The van der Waals surface area contributed by atoms with Crippen LogP contribution < -0.4 is 0 Å². The summed E-state index contributed by atoms with van der Waals surface area (Å²) in [5, 5.41) is 14.0. The first-order valence-corrected chi connectivity index (χ1v) is 33.9. The van der Waals surface area contributed by atoms with E-state index in [0.29, 0.717) is 97.3 Å². The summed E-state index contributed by atoms with van der Waals surface area (Å²) in [6, 6.07) is 0. The van der Waals surface area contributed by atoms with Gasteiger partial charge in [-0.2, -0.15) is 0 Å². The maximum atomic E-state index is 11.6. The number of ether oxygens (including phenoxy) is 8. The number of cyclic esters (lactones) is 6. The largest absolute Gasteiger partial charge is 0.466 e. The van der Waals surface area contributed by atoms with Crippen molar-refractivity contribution >= 4 is 47.8 Å². The number of esters is 8. The van der Waals surface area contributed by atoms with Gasteiger partial charge in [0.05, 0.1) is 89.4 Å². The zero-order valence-electron chi connectivity index (χ0n) is 54.7. The molecule has 16 fully saturated rings. The van der Waals surface area contributed by atoms with Gasteiger partial charge in [0.2, 0.25) is 0 Å². The normalized spacial score (nSPS) is 41.4. The second-order valence-electron chi connectivity index (χ2n) is 30.0. The Morgan fingerprint density at radius 1 is 0.422 bits per heavy atom. The van der Waals surface area contributed by atoms with Gasteiger partial charge in [0.1, 0.15) is 0 Å². The van der Waals surface area contributed by atoms with Crippen LogP contribution in [0.4, 0.5) is 0 Å². The van der Waals surface area contributed by atoms with Crippen LogP contribution in [0.25, 0.3) is 0 Å². The minimum absolute atomic E-state index is 0.00289. The topological polar surface area (TPSA) is 251 Å². The Bertz CT molecular complexity index is 2620. The Morgan fingerprint density at radius 3 is 0.989 bits per heavy atom. The highest BCUT2D eigenvalue weighted by Gasteiger charge is 2.61. The van der Waals surface area contributed by atoms with E-state index in [-0.39, 0.29) is 69.4 Å². The van der Waals surface area contributed by atoms with E-state index in [0.717, 1.165) is 107 Å². The van der Waals surface area contributed by atoms with Gasteiger partial charge in [0.25, 0.3) is 0 Å². The van der Waals surface area contributed by atoms with E-state index < -0.39 is 0 Å². The maximum absolute atomic E-state index is 11.6. The number of carbonyl (C=O) groups excluding carboxylic acids is 8. The van der Waals surface area contributed by atoms with Crippen molar-refractivity contribution in [3.8, 4) is 0 Å². The van der Waals surface area contributed by atoms with Crippen LogP contribution in [0.1, 0.15) is 181 Å². The molecule has 12 aliphatic carbocycles. The standard InChI is InChI=1S/2C10H14O2.C10H12O2.2C10H14O2.C10H12O2.2C5H8O2.2CH4O/c3*11-9-5-10(6-12-9)4-7-1-2-8(10)3-7;3*11-9-10(3-4-12-9)6-7-1-2-8(10)5-7;2*1-4(2)5(6)7-3;2*1-2/h2*7-8H,1-6H2;1-2,7-8H,3-6H2;2*7-8H,1-6H2;1-2,7-8H,3-6H2;2*1H2,2-3H3;2*2H,1H3. The molecule has 0 amide bonds. The zero-order valence-corrected chi connectivity index (χ0v) is 54.7. The summed E-state index contributed by atoms with van der Waals surface area (Å²) in [7, 11) is 4.66. The molecule has 0 aromatic carbocycles. The van der Waals surface area contributed by atoms with Crippen molar-refractivity contribution in [1.82, 2.24) is 0 Å². The van der Waals surface area contributed by atoms with Crippen molar-refractivity contribution in [2.45, 2.75) is 181 Å². The number of aliphatic hydroxyl groups is 2. The smallest absolute Gasteiger partial charge is 0.332 e. The molecule has 6 aliphatic heterocycles. The molecule has 12 bridgehead atoms. The van der Waals surface area contributed by atoms with Crippen LogP contribution in [-0.2, 0) is 76.3 Å². The third kappa shape index (κ3) is 14.0. The molecule has 10 saturated carbocycles. The summed E-state index contributed by atoms with van der Waals surface area (Å²) in [5.74, 6) is 8.77. The summed E-state index contributed by atoms with van der Waals surface area (Å²) in [5.41, 5.74) is 1.62. The van der Waals surface area contributed by atoms with E-state index in [9.17, 15) is 38.4 Å². The van der Waals surface area contributed by atoms with Crippen LogP contribution in [0.2, 0.25) is 0 Å². The van der Waals surface area contributed by atoms with Gasteiger partial charge in [-0.15, -0.1) is 0 Å². The van der Waals surface area contributed by atoms with Crippen LogP contribution in [0.5, 0.6) is 0 Å².